The monoisotopic (exact) mass is 347 g/mol. The quantitative estimate of drug-likeness (QED) is 0.620. The maximum atomic E-state index is 5.50. The second kappa shape index (κ2) is 7.72. The van der Waals surface area contributed by atoms with Gasteiger partial charge in [0.2, 0.25) is 5.95 Å². The topological polar surface area (TPSA) is 86.4 Å². The summed E-state index contributed by atoms with van der Waals surface area (Å²) in [6.07, 6.45) is 6.40. The number of nitrogens with zero attached hydrogens (tertiary/aromatic N) is 3. The first-order chi connectivity index (χ1) is 12.3. The molecule has 4 rings (SSSR count). The molecule has 2 aliphatic heterocycles. The van der Waals surface area contributed by atoms with E-state index >= 15 is 0 Å². The number of hydrazine groups is 1. The van der Waals surface area contributed by atoms with Gasteiger partial charge in [-0.25, -0.2) is 4.98 Å². The predicted molar refractivity (Wildman–Crippen MR) is 98.0 cm³/mol. The van der Waals surface area contributed by atoms with Gasteiger partial charge in [-0.2, -0.15) is 4.98 Å². The Labute approximate surface area is 149 Å². The van der Waals surface area contributed by atoms with Crippen LogP contribution in [0.4, 0.5) is 11.8 Å². The first-order valence-corrected chi connectivity index (χ1v) is 9.45. The van der Waals surface area contributed by atoms with E-state index in [1.807, 2.05) is 0 Å². The highest BCUT2D eigenvalue weighted by molar-refractivity contribution is 5.53. The van der Waals surface area contributed by atoms with Gasteiger partial charge < -0.3 is 20.3 Å². The number of rotatable bonds is 4. The van der Waals surface area contributed by atoms with Crippen LogP contribution < -0.4 is 31.1 Å². The molecule has 1 aromatic heterocycles. The molecule has 0 amide bonds. The minimum atomic E-state index is 0.436. The summed E-state index contributed by atoms with van der Waals surface area (Å²) >= 11 is 0. The van der Waals surface area contributed by atoms with Gasteiger partial charge in [0, 0.05) is 38.3 Å². The molecule has 1 saturated carbocycles. The van der Waals surface area contributed by atoms with Crippen molar-refractivity contribution in [2.45, 2.75) is 37.8 Å². The second-order valence-corrected chi connectivity index (χ2v) is 7.22. The first-order valence-electron chi connectivity index (χ1n) is 9.45. The van der Waals surface area contributed by atoms with Crippen molar-refractivity contribution in [3.63, 3.8) is 0 Å². The molecule has 4 N–H and O–H groups in total. The standard InChI is InChI=1S/C17H29N7O/c1-25-15-11-19-17(24-7-2-5-18-6-8-24)22-16(15)21-13-3-4-14-12(9-13)10-20-23-14/h11-14,18,20,23H,2-10H2,1H3,(H,19,21,22). The van der Waals surface area contributed by atoms with Crippen LogP contribution in [0.15, 0.2) is 6.20 Å². The molecule has 0 spiro atoms. The predicted octanol–water partition coefficient (Wildman–Crippen LogP) is 0.342. The van der Waals surface area contributed by atoms with E-state index < -0.39 is 0 Å². The highest BCUT2D eigenvalue weighted by atomic mass is 16.5. The van der Waals surface area contributed by atoms with E-state index in [4.69, 9.17) is 9.72 Å². The van der Waals surface area contributed by atoms with Crippen molar-refractivity contribution in [2.24, 2.45) is 5.92 Å². The Hall–Kier alpha value is -1.64. The molecular weight excluding hydrogens is 318 g/mol. The van der Waals surface area contributed by atoms with Crippen LogP contribution in [0.1, 0.15) is 25.7 Å². The molecule has 1 aromatic rings. The number of ether oxygens (including phenoxy) is 1. The zero-order valence-electron chi connectivity index (χ0n) is 14.9. The molecule has 1 aliphatic carbocycles. The Balaban J connectivity index is 1.48. The fraction of sp³-hybridized carbons (Fsp3) is 0.765. The molecule has 138 valence electrons. The molecular formula is C17H29N7O. The van der Waals surface area contributed by atoms with Crippen LogP contribution in [0.3, 0.4) is 0 Å². The van der Waals surface area contributed by atoms with Crippen molar-refractivity contribution in [3.05, 3.63) is 6.20 Å². The molecule has 8 nitrogen and oxygen atoms in total. The summed E-state index contributed by atoms with van der Waals surface area (Å²) in [6.45, 7) is 5.02. The molecule has 2 saturated heterocycles. The maximum Gasteiger partial charge on any atom is 0.227 e. The van der Waals surface area contributed by atoms with Crippen molar-refractivity contribution in [3.8, 4) is 5.75 Å². The number of anilines is 2. The van der Waals surface area contributed by atoms with Crippen LogP contribution in [0.2, 0.25) is 0 Å². The third-order valence-corrected chi connectivity index (χ3v) is 5.56. The summed E-state index contributed by atoms with van der Waals surface area (Å²) in [4.78, 5) is 11.6. The van der Waals surface area contributed by atoms with Gasteiger partial charge in [-0.1, -0.05) is 0 Å². The van der Waals surface area contributed by atoms with Crippen LogP contribution in [0.5, 0.6) is 5.75 Å². The van der Waals surface area contributed by atoms with Crippen molar-refractivity contribution in [1.82, 2.24) is 26.1 Å². The van der Waals surface area contributed by atoms with Gasteiger partial charge in [0.25, 0.3) is 0 Å². The molecule has 3 atom stereocenters. The third kappa shape index (κ3) is 3.80. The summed E-state index contributed by atoms with van der Waals surface area (Å²) < 4.78 is 5.50. The smallest absolute Gasteiger partial charge is 0.227 e. The van der Waals surface area contributed by atoms with Crippen LogP contribution >= 0.6 is 0 Å². The molecule has 8 heteroatoms. The van der Waals surface area contributed by atoms with Crippen molar-refractivity contribution in [1.29, 1.82) is 0 Å². The molecule has 0 radical (unpaired) electrons. The van der Waals surface area contributed by atoms with Gasteiger partial charge >= 0.3 is 0 Å². The van der Waals surface area contributed by atoms with E-state index in [1.54, 1.807) is 13.3 Å². The number of methoxy groups -OCH3 is 1. The highest BCUT2D eigenvalue weighted by Gasteiger charge is 2.34. The lowest BCUT2D eigenvalue weighted by Crippen LogP contribution is -2.39. The molecule has 3 unspecified atom stereocenters. The summed E-state index contributed by atoms with van der Waals surface area (Å²) in [5.41, 5.74) is 6.67. The Kier molecular flexibility index (Phi) is 5.19. The van der Waals surface area contributed by atoms with E-state index in [-0.39, 0.29) is 0 Å². The zero-order chi connectivity index (χ0) is 17.1. The average Bonchev–Trinajstić information content (AvgIpc) is 2.93. The summed E-state index contributed by atoms with van der Waals surface area (Å²) in [5, 5.41) is 7.06. The molecule has 25 heavy (non-hydrogen) atoms. The SMILES string of the molecule is COc1cnc(N2CCCNCC2)nc1NC1CCC2NNCC2C1. The number of nitrogens with one attached hydrogen (secondary N) is 4. The number of hydrogen-bond donors (Lipinski definition) is 4. The highest BCUT2D eigenvalue weighted by Crippen LogP contribution is 2.31. The number of fused-ring (bicyclic) bond motifs is 1. The third-order valence-electron chi connectivity index (χ3n) is 5.56. The average molecular weight is 347 g/mol. The Bertz CT molecular complexity index is 576. The largest absolute Gasteiger partial charge is 0.491 e. The number of aromatic nitrogens is 2. The minimum absolute atomic E-state index is 0.436. The summed E-state index contributed by atoms with van der Waals surface area (Å²) in [6, 6.07) is 1.05. The van der Waals surface area contributed by atoms with E-state index in [0.717, 1.165) is 69.5 Å². The Morgan fingerprint density at radius 1 is 1.28 bits per heavy atom. The molecule has 0 bridgehead atoms. The van der Waals surface area contributed by atoms with Crippen LogP contribution in [-0.2, 0) is 0 Å². The zero-order valence-corrected chi connectivity index (χ0v) is 14.9. The van der Waals surface area contributed by atoms with Gasteiger partial charge in [-0.3, -0.25) is 10.9 Å². The summed E-state index contributed by atoms with van der Waals surface area (Å²) in [7, 11) is 1.68. The van der Waals surface area contributed by atoms with Crippen molar-refractivity contribution in [2.75, 3.05) is 50.1 Å². The van der Waals surface area contributed by atoms with Crippen molar-refractivity contribution >= 4 is 11.8 Å². The van der Waals surface area contributed by atoms with E-state index in [1.165, 1.54) is 6.42 Å². The lowest BCUT2D eigenvalue weighted by Gasteiger charge is -2.32. The van der Waals surface area contributed by atoms with E-state index in [9.17, 15) is 0 Å². The van der Waals surface area contributed by atoms with Gasteiger partial charge in [-0.15, -0.1) is 0 Å². The van der Waals surface area contributed by atoms with Gasteiger partial charge in [0.1, 0.15) is 0 Å². The van der Waals surface area contributed by atoms with Gasteiger partial charge in [-0.05, 0) is 38.1 Å². The normalized spacial score (nSPS) is 29.8. The van der Waals surface area contributed by atoms with E-state index in [0.29, 0.717) is 18.0 Å². The molecule has 3 fully saturated rings. The second-order valence-electron chi connectivity index (χ2n) is 7.22. The summed E-state index contributed by atoms with van der Waals surface area (Å²) in [5.74, 6) is 3.04. The molecule has 3 heterocycles. The fourth-order valence-corrected chi connectivity index (χ4v) is 4.14. The lowest BCUT2D eigenvalue weighted by atomic mass is 9.83. The van der Waals surface area contributed by atoms with Crippen LogP contribution in [-0.4, -0.2) is 61.9 Å². The number of hydrogen-bond acceptors (Lipinski definition) is 8. The molecule has 3 aliphatic rings. The maximum absolute atomic E-state index is 5.50. The van der Waals surface area contributed by atoms with Crippen LogP contribution in [0.25, 0.3) is 0 Å². The van der Waals surface area contributed by atoms with Gasteiger partial charge in [0.15, 0.2) is 11.6 Å². The Morgan fingerprint density at radius 2 is 2.24 bits per heavy atom. The Morgan fingerprint density at radius 3 is 3.16 bits per heavy atom. The van der Waals surface area contributed by atoms with Crippen LogP contribution in [0, 0.1) is 5.92 Å². The van der Waals surface area contributed by atoms with Gasteiger partial charge in [0.05, 0.1) is 13.3 Å². The molecule has 0 aromatic carbocycles. The lowest BCUT2D eigenvalue weighted by molar-refractivity contribution is 0.313. The fourth-order valence-electron chi connectivity index (χ4n) is 4.14. The first kappa shape index (κ1) is 16.8. The minimum Gasteiger partial charge on any atom is -0.491 e. The van der Waals surface area contributed by atoms with E-state index in [2.05, 4.69) is 31.4 Å². The van der Waals surface area contributed by atoms with Crippen molar-refractivity contribution < 1.29 is 4.74 Å².